The molecule has 0 atom stereocenters. The van der Waals surface area contributed by atoms with Crippen LogP contribution in [0.1, 0.15) is 24.2 Å². The molecule has 0 saturated carbocycles. The van der Waals surface area contributed by atoms with Crippen LogP contribution in [0.2, 0.25) is 0 Å². The summed E-state index contributed by atoms with van der Waals surface area (Å²) in [5, 5.41) is 10.2. The van der Waals surface area contributed by atoms with Gasteiger partial charge >= 0.3 is 0 Å². The number of hydrogen-bond donors (Lipinski definition) is 0. The average Bonchev–Trinajstić information content (AvgIpc) is 2.20. The first-order chi connectivity index (χ1) is 6.25. The van der Waals surface area contributed by atoms with Crippen molar-refractivity contribution in [2.45, 2.75) is 13.8 Å². The molecule has 1 aromatic carbocycles. The van der Waals surface area contributed by atoms with Crippen LogP contribution in [0.5, 0.6) is 0 Å². The second-order valence-electron chi connectivity index (χ2n) is 1.93. The Kier molecular flexibility index (Phi) is 5.11. The van der Waals surface area contributed by atoms with E-state index in [-0.39, 0.29) is 11.3 Å². The summed E-state index contributed by atoms with van der Waals surface area (Å²) < 4.78 is 0. The summed E-state index contributed by atoms with van der Waals surface area (Å²) >= 11 is 0. The summed E-state index contributed by atoms with van der Waals surface area (Å²) in [6, 6.07) is 5.80. The second kappa shape index (κ2) is 5.88. The lowest BCUT2D eigenvalue weighted by Crippen LogP contribution is -1.92. The molecule has 0 aliphatic rings. The molecule has 1 aromatic rings. The Morgan fingerprint density at radius 1 is 1.31 bits per heavy atom. The SMILES string of the molecule is CC.O=Cc1ccccc1[N+](=O)[O-]. The second-order valence-corrected chi connectivity index (χ2v) is 1.93. The Hall–Kier alpha value is -1.71. The summed E-state index contributed by atoms with van der Waals surface area (Å²) in [7, 11) is 0. The van der Waals surface area contributed by atoms with Crippen LogP contribution in [0.25, 0.3) is 0 Å². The normalized spacial score (nSPS) is 8.15. The van der Waals surface area contributed by atoms with Gasteiger partial charge in [-0.05, 0) is 6.07 Å². The maximum atomic E-state index is 10.2. The topological polar surface area (TPSA) is 60.2 Å². The van der Waals surface area contributed by atoms with Gasteiger partial charge in [0.1, 0.15) is 0 Å². The Morgan fingerprint density at radius 2 is 1.85 bits per heavy atom. The average molecular weight is 181 g/mol. The van der Waals surface area contributed by atoms with E-state index >= 15 is 0 Å². The molecule has 4 heteroatoms. The van der Waals surface area contributed by atoms with Crippen LogP contribution < -0.4 is 0 Å². The molecule has 0 spiro atoms. The van der Waals surface area contributed by atoms with E-state index in [2.05, 4.69) is 0 Å². The van der Waals surface area contributed by atoms with Gasteiger partial charge in [-0.2, -0.15) is 0 Å². The van der Waals surface area contributed by atoms with Crippen molar-refractivity contribution < 1.29 is 9.72 Å². The van der Waals surface area contributed by atoms with Crippen LogP contribution in [0, 0.1) is 10.1 Å². The van der Waals surface area contributed by atoms with E-state index in [1.807, 2.05) is 13.8 Å². The zero-order valence-corrected chi connectivity index (χ0v) is 7.56. The zero-order chi connectivity index (χ0) is 10.3. The van der Waals surface area contributed by atoms with Gasteiger partial charge in [0, 0.05) is 6.07 Å². The van der Waals surface area contributed by atoms with Crippen molar-refractivity contribution >= 4 is 12.0 Å². The third-order valence-corrected chi connectivity index (χ3v) is 1.26. The molecular weight excluding hydrogens is 170 g/mol. The highest BCUT2D eigenvalue weighted by atomic mass is 16.6. The number of nitro groups is 1. The molecule has 0 radical (unpaired) electrons. The fourth-order valence-electron chi connectivity index (χ4n) is 0.753. The van der Waals surface area contributed by atoms with E-state index in [4.69, 9.17) is 0 Å². The van der Waals surface area contributed by atoms with E-state index in [1.54, 1.807) is 6.07 Å². The van der Waals surface area contributed by atoms with Gasteiger partial charge in [0.05, 0.1) is 10.5 Å². The van der Waals surface area contributed by atoms with E-state index < -0.39 is 4.92 Å². The van der Waals surface area contributed by atoms with Crippen molar-refractivity contribution in [3.63, 3.8) is 0 Å². The molecule has 0 aliphatic heterocycles. The molecule has 4 nitrogen and oxygen atoms in total. The number of carbonyl (C=O) groups excluding carboxylic acids is 1. The molecule has 0 fully saturated rings. The smallest absolute Gasteiger partial charge is 0.279 e. The van der Waals surface area contributed by atoms with Gasteiger partial charge in [-0.15, -0.1) is 0 Å². The molecule has 0 amide bonds. The van der Waals surface area contributed by atoms with Crippen LogP contribution >= 0.6 is 0 Å². The highest BCUT2D eigenvalue weighted by molar-refractivity contribution is 5.81. The Labute approximate surface area is 76.3 Å². The van der Waals surface area contributed by atoms with Gasteiger partial charge in [0.15, 0.2) is 6.29 Å². The van der Waals surface area contributed by atoms with Gasteiger partial charge < -0.3 is 0 Å². The molecule has 0 unspecified atom stereocenters. The summed E-state index contributed by atoms with van der Waals surface area (Å²) in [5.41, 5.74) is -0.0417. The van der Waals surface area contributed by atoms with Crippen LogP contribution in [-0.2, 0) is 0 Å². The summed E-state index contributed by atoms with van der Waals surface area (Å²) in [4.78, 5) is 19.9. The first-order valence-corrected chi connectivity index (χ1v) is 3.94. The Morgan fingerprint density at radius 3 is 2.23 bits per heavy atom. The van der Waals surface area contributed by atoms with Crippen LogP contribution in [0.3, 0.4) is 0 Å². The Balaban J connectivity index is 0.000000671. The van der Waals surface area contributed by atoms with Crippen molar-refractivity contribution in [2.24, 2.45) is 0 Å². The molecule has 13 heavy (non-hydrogen) atoms. The number of nitrogens with zero attached hydrogens (tertiary/aromatic N) is 1. The number of benzene rings is 1. The highest BCUT2D eigenvalue weighted by Crippen LogP contribution is 2.14. The minimum Gasteiger partial charge on any atom is -0.298 e. The number of nitro benzene ring substituents is 1. The molecule has 0 aromatic heterocycles. The van der Waals surface area contributed by atoms with Crippen LogP contribution in [0.15, 0.2) is 24.3 Å². The zero-order valence-electron chi connectivity index (χ0n) is 7.56. The van der Waals surface area contributed by atoms with Gasteiger partial charge in [-0.25, -0.2) is 0 Å². The van der Waals surface area contributed by atoms with Crippen LogP contribution in [-0.4, -0.2) is 11.2 Å². The number of carbonyl (C=O) groups is 1. The predicted molar refractivity (Wildman–Crippen MR) is 49.8 cm³/mol. The summed E-state index contributed by atoms with van der Waals surface area (Å²) in [6.07, 6.45) is 0.470. The lowest BCUT2D eigenvalue weighted by atomic mass is 10.2. The van der Waals surface area contributed by atoms with Crippen LogP contribution in [0.4, 0.5) is 5.69 Å². The molecule has 0 bridgehead atoms. The molecule has 0 aliphatic carbocycles. The van der Waals surface area contributed by atoms with Crippen molar-refractivity contribution in [2.75, 3.05) is 0 Å². The first-order valence-electron chi connectivity index (χ1n) is 3.94. The molecule has 70 valence electrons. The summed E-state index contributed by atoms with van der Waals surface area (Å²) in [5.74, 6) is 0. The van der Waals surface area contributed by atoms with Gasteiger partial charge in [0.25, 0.3) is 5.69 Å². The van der Waals surface area contributed by atoms with E-state index in [1.165, 1.54) is 18.2 Å². The molecule has 0 N–H and O–H groups in total. The van der Waals surface area contributed by atoms with E-state index in [0.717, 1.165) is 0 Å². The Bertz CT molecular complexity index is 297. The van der Waals surface area contributed by atoms with Gasteiger partial charge in [-0.1, -0.05) is 26.0 Å². The number of aldehydes is 1. The standard InChI is InChI=1S/C7H5NO3.C2H6/c9-5-6-3-1-2-4-7(6)8(10)11;1-2/h1-5H;1-2H3. The summed E-state index contributed by atoms with van der Waals surface area (Å²) in [6.45, 7) is 4.00. The van der Waals surface area contributed by atoms with E-state index in [9.17, 15) is 14.9 Å². The molecule has 0 saturated heterocycles. The number of rotatable bonds is 2. The maximum Gasteiger partial charge on any atom is 0.279 e. The monoisotopic (exact) mass is 181 g/mol. The third-order valence-electron chi connectivity index (χ3n) is 1.26. The van der Waals surface area contributed by atoms with Gasteiger partial charge in [0.2, 0.25) is 0 Å². The quantitative estimate of drug-likeness (QED) is 0.400. The van der Waals surface area contributed by atoms with Crippen molar-refractivity contribution in [1.29, 1.82) is 0 Å². The lowest BCUT2D eigenvalue weighted by molar-refractivity contribution is -0.385. The molecule has 1 rings (SSSR count). The number of para-hydroxylation sites is 1. The minimum atomic E-state index is -0.580. The van der Waals surface area contributed by atoms with E-state index in [0.29, 0.717) is 6.29 Å². The fourth-order valence-corrected chi connectivity index (χ4v) is 0.753. The largest absolute Gasteiger partial charge is 0.298 e. The fraction of sp³-hybridized carbons (Fsp3) is 0.222. The lowest BCUT2D eigenvalue weighted by Gasteiger charge is -1.91. The first kappa shape index (κ1) is 11.3. The molecular formula is C9H11NO3. The maximum absolute atomic E-state index is 10.2. The van der Waals surface area contributed by atoms with Crippen molar-refractivity contribution in [3.05, 3.63) is 39.9 Å². The highest BCUT2D eigenvalue weighted by Gasteiger charge is 2.09. The minimum absolute atomic E-state index is 0.109. The molecule has 0 heterocycles. The van der Waals surface area contributed by atoms with Crippen molar-refractivity contribution in [3.8, 4) is 0 Å². The van der Waals surface area contributed by atoms with Crippen molar-refractivity contribution in [1.82, 2.24) is 0 Å². The predicted octanol–water partition coefficient (Wildman–Crippen LogP) is 2.43. The number of hydrogen-bond acceptors (Lipinski definition) is 3. The van der Waals surface area contributed by atoms with Gasteiger partial charge in [-0.3, -0.25) is 14.9 Å². The third kappa shape index (κ3) is 3.02.